The summed E-state index contributed by atoms with van der Waals surface area (Å²) in [5.41, 5.74) is 1.03. The van der Waals surface area contributed by atoms with Crippen LogP contribution in [0.2, 0.25) is 0 Å². The predicted octanol–water partition coefficient (Wildman–Crippen LogP) is 1.69. The van der Waals surface area contributed by atoms with Gasteiger partial charge in [-0.05, 0) is 24.3 Å². The van der Waals surface area contributed by atoms with Crippen LogP contribution in [0.1, 0.15) is 32.3 Å². The lowest BCUT2D eigenvalue weighted by atomic mass is 10.1. The van der Waals surface area contributed by atoms with Crippen molar-refractivity contribution < 1.29 is 19.5 Å². The van der Waals surface area contributed by atoms with Crippen molar-refractivity contribution in [3.05, 3.63) is 35.9 Å². The van der Waals surface area contributed by atoms with Gasteiger partial charge in [-0.25, -0.2) is 0 Å². The van der Waals surface area contributed by atoms with Crippen molar-refractivity contribution in [1.82, 2.24) is 10.2 Å². The van der Waals surface area contributed by atoms with Crippen molar-refractivity contribution in [2.24, 2.45) is 5.92 Å². The van der Waals surface area contributed by atoms with Crippen LogP contribution >= 0.6 is 0 Å². The number of carbonyl (C=O) groups excluding carboxylic acids is 2. The lowest BCUT2D eigenvalue weighted by molar-refractivity contribution is -0.144. The fraction of sp³-hybridized carbons (Fsp3) is 0.500. The highest BCUT2D eigenvalue weighted by Crippen LogP contribution is 2.04. The van der Waals surface area contributed by atoms with E-state index in [0.29, 0.717) is 25.3 Å². The van der Waals surface area contributed by atoms with Gasteiger partial charge in [0.1, 0.15) is 6.54 Å². The van der Waals surface area contributed by atoms with Crippen molar-refractivity contribution in [2.75, 3.05) is 19.6 Å². The van der Waals surface area contributed by atoms with Gasteiger partial charge < -0.3 is 15.3 Å². The van der Waals surface area contributed by atoms with Crippen LogP contribution in [0.15, 0.2) is 30.3 Å². The Morgan fingerprint density at radius 2 is 1.83 bits per heavy atom. The lowest BCUT2D eigenvalue weighted by Crippen LogP contribution is -2.43. The number of hydrogen-bond acceptors (Lipinski definition) is 3. The second kappa shape index (κ2) is 10.4. The minimum atomic E-state index is -1.07. The van der Waals surface area contributed by atoms with Crippen molar-refractivity contribution in [3.8, 4) is 0 Å². The van der Waals surface area contributed by atoms with Crippen molar-refractivity contribution in [1.29, 1.82) is 0 Å². The Balaban J connectivity index is 2.49. The van der Waals surface area contributed by atoms with Crippen molar-refractivity contribution in [3.63, 3.8) is 0 Å². The minimum Gasteiger partial charge on any atom is -0.480 e. The molecule has 24 heavy (non-hydrogen) atoms. The van der Waals surface area contributed by atoms with E-state index in [1.54, 1.807) is 0 Å². The SMILES string of the molecule is CC(C)CCC(=O)NCC(=O)N(CCc1ccccc1)CC(=O)O. The average molecular weight is 334 g/mol. The van der Waals surface area contributed by atoms with Crippen LogP contribution in [0.25, 0.3) is 0 Å². The quantitative estimate of drug-likeness (QED) is 0.682. The molecule has 132 valence electrons. The maximum atomic E-state index is 12.2. The Morgan fingerprint density at radius 1 is 1.17 bits per heavy atom. The molecule has 0 heterocycles. The van der Waals surface area contributed by atoms with Crippen LogP contribution in [0.3, 0.4) is 0 Å². The van der Waals surface area contributed by atoms with Gasteiger partial charge in [0.2, 0.25) is 11.8 Å². The molecule has 2 amide bonds. The molecule has 0 fully saturated rings. The zero-order valence-corrected chi connectivity index (χ0v) is 14.3. The van der Waals surface area contributed by atoms with E-state index < -0.39 is 5.97 Å². The number of carbonyl (C=O) groups is 3. The Labute approximate surface area is 142 Å². The van der Waals surface area contributed by atoms with E-state index in [-0.39, 0.29) is 24.9 Å². The molecule has 1 rings (SSSR count). The van der Waals surface area contributed by atoms with Crippen molar-refractivity contribution in [2.45, 2.75) is 33.1 Å². The summed E-state index contributed by atoms with van der Waals surface area (Å²) in [6, 6.07) is 9.55. The molecule has 0 bridgehead atoms. The number of rotatable bonds is 10. The maximum Gasteiger partial charge on any atom is 0.323 e. The number of carboxylic acids is 1. The molecule has 0 aromatic heterocycles. The largest absolute Gasteiger partial charge is 0.480 e. The zero-order chi connectivity index (χ0) is 17.9. The van der Waals surface area contributed by atoms with E-state index >= 15 is 0 Å². The number of aliphatic carboxylic acids is 1. The van der Waals surface area contributed by atoms with E-state index in [2.05, 4.69) is 5.32 Å². The number of carboxylic acid groups (broad SMARTS) is 1. The summed E-state index contributed by atoms with van der Waals surface area (Å²) in [6.07, 6.45) is 1.70. The van der Waals surface area contributed by atoms with Gasteiger partial charge in [-0.2, -0.15) is 0 Å². The topological polar surface area (TPSA) is 86.7 Å². The highest BCUT2D eigenvalue weighted by atomic mass is 16.4. The van der Waals surface area contributed by atoms with Gasteiger partial charge in [0.05, 0.1) is 6.54 Å². The van der Waals surface area contributed by atoms with E-state index in [1.165, 1.54) is 4.90 Å². The molecular weight excluding hydrogens is 308 g/mol. The summed E-state index contributed by atoms with van der Waals surface area (Å²) in [4.78, 5) is 36.1. The fourth-order valence-corrected chi connectivity index (χ4v) is 2.16. The third kappa shape index (κ3) is 8.31. The number of benzene rings is 1. The molecule has 2 N–H and O–H groups in total. The first-order chi connectivity index (χ1) is 11.4. The standard InChI is InChI=1S/C18H26N2O4/c1-14(2)8-9-16(21)19-12-17(22)20(13-18(23)24)11-10-15-6-4-3-5-7-15/h3-7,14H,8-13H2,1-2H3,(H,19,21)(H,23,24). The normalized spacial score (nSPS) is 10.5. The van der Waals surface area contributed by atoms with Crippen LogP contribution in [-0.4, -0.2) is 47.4 Å². The van der Waals surface area contributed by atoms with Gasteiger partial charge in [0.15, 0.2) is 0 Å². The highest BCUT2D eigenvalue weighted by Gasteiger charge is 2.17. The first-order valence-electron chi connectivity index (χ1n) is 8.18. The highest BCUT2D eigenvalue weighted by molar-refractivity contribution is 5.86. The molecule has 1 aromatic carbocycles. The lowest BCUT2D eigenvalue weighted by Gasteiger charge is -2.21. The molecule has 0 spiro atoms. The molecule has 0 aliphatic rings. The van der Waals surface area contributed by atoms with Gasteiger partial charge in [-0.3, -0.25) is 14.4 Å². The molecular formula is C18H26N2O4. The fourth-order valence-electron chi connectivity index (χ4n) is 2.16. The number of amides is 2. The van der Waals surface area contributed by atoms with E-state index in [9.17, 15) is 14.4 Å². The number of hydrogen-bond donors (Lipinski definition) is 2. The zero-order valence-electron chi connectivity index (χ0n) is 14.3. The molecule has 1 aromatic rings. The van der Waals surface area contributed by atoms with E-state index in [1.807, 2.05) is 44.2 Å². The predicted molar refractivity (Wildman–Crippen MR) is 91.4 cm³/mol. The van der Waals surface area contributed by atoms with Crippen LogP contribution in [0, 0.1) is 5.92 Å². The summed E-state index contributed by atoms with van der Waals surface area (Å²) in [6.45, 7) is 3.82. The van der Waals surface area contributed by atoms with Gasteiger partial charge >= 0.3 is 5.97 Å². The van der Waals surface area contributed by atoms with Gasteiger partial charge in [-0.15, -0.1) is 0 Å². The molecule has 0 atom stereocenters. The first kappa shape index (κ1) is 19.7. The summed E-state index contributed by atoms with van der Waals surface area (Å²) < 4.78 is 0. The third-order valence-electron chi connectivity index (χ3n) is 3.58. The summed E-state index contributed by atoms with van der Waals surface area (Å²) in [5, 5.41) is 11.5. The molecule has 0 radical (unpaired) electrons. The Kier molecular flexibility index (Phi) is 8.54. The Bertz CT molecular complexity index is 543. The molecule has 0 saturated carbocycles. The second-order valence-electron chi connectivity index (χ2n) is 6.15. The van der Waals surface area contributed by atoms with Gasteiger partial charge in [0, 0.05) is 13.0 Å². The molecule has 0 aliphatic carbocycles. The monoisotopic (exact) mass is 334 g/mol. The second-order valence-corrected chi connectivity index (χ2v) is 6.15. The summed E-state index contributed by atoms with van der Waals surface area (Å²) in [5.74, 6) is -1.22. The number of nitrogens with zero attached hydrogens (tertiary/aromatic N) is 1. The summed E-state index contributed by atoms with van der Waals surface area (Å²) >= 11 is 0. The smallest absolute Gasteiger partial charge is 0.323 e. The van der Waals surface area contributed by atoms with Crippen LogP contribution in [-0.2, 0) is 20.8 Å². The van der Waals surface area contributed by atoms with Crippen LogP contribution in [0.5, 0.6) is 0 Å². The molecule has 0 aliphatic heterocycles. The molecule has 0 saturated heterocycles. The van der Waals surface area contributed by atoms with Gasteiger partial charge in [-0.1, -0.05) is 44.2 Å². The van der Waals surface area contributed by atoms with Gasteiger partial charge in [0.25, 0.3) is 0 Å². The molecule has 6 heteroatoms. The van der Waals surface area contributed by atoms with E-state index in [0.717, 1.165) is 12.0 Å². The molecule has 6 nitrogen and oxygen atoms in total. The maximum absolute atomic E-state index is 12.2. The van der Waals surface area contributed by atoms with Crippen molar-refractivity contribution >= 4 is 17.8 Å². The van der Waals surface area contributed by atoms with Crippen LogP contribution in [0.4, 0.5) is 0 Å². The van der Waals surface area contributed by atoms with E-state index in [4.69, 9.17) is 5.11 Å². The van der Waals surface area contributed by atoms with Crippen LogP contribution < -0.4 is 5.32 Å². The average Bonchev–Trinajstić information content (AvgIpc) is 2.55. The third-order valence-corrected chi connectivity index (χ3v) is 3.58. The summed E-state index contributed by atoms with van der Waals surface area (Å²) in [7, 11) is 0. The molecule has 0 unspecified atom stereocenters. The number of nitrogens with one attached hydrogen (secondary N) is 1. The Morgan fingerprint density at radius 3 is 2.42 bits per heavy atom. The first-order valence-corrected chi connectivity index (χ1v) is 8.18. The minimum absolute atomic E-state index is 0.168. The Hall–Kier alpha value is -2.37.